The number of pyridine rings is 1. The maximum absolute atomic E-state index is 11.8. The average Bonchev–Trinajstić information content (AvgIpc) is 2.43. The molecule has 5 heteroatoms. The molecule has 0 saturated carbocycles. The van der Waals surface area contributed by atoms with Crippen molar-refractivity contribution in [1.29, 1.82) is 0 Å². The molecule has 0 aliphatic heterocycles. The second-order valence-corrected chi connectivity index (χ2v) is 5.02. The molecule has 0 atom stereocenters. The van der Waals surface area contributed by atoms with Crippen LogP contribution in [0.1, 0.15) is 11.1 Å². The number of nitrogen functional groups attached to an aromatic ring is 1. The van der Waals surface area contributed by atoms with Crippen LogP contribution in [0.2, 0.25) is 0 Å². The predicted molar refractivity (Wildman–Crippen MR) is 83.0 cm³/mol. The van der Waals surface area contributed by atoms with Crippen molar-refractivity contribution in [3.63, 3.8) is 0 Å². The molecule has 0 saturated heterocycles. The Hall–Kier alpha value is -2.56. The molecule has 0 bridgehead atoms. The highest BCUT2D eigenvalue weighted by molar-refractivity contribution is 5.75. The van der Waals surface area contributed by atoms with Gasteiger partial charge in [0.2, 0.25) is 5.91 Å². The van der Waals surface area contributed by atoms with E-state index in [0.29, 0.717) is 12.2 Å². The van der Waals surface area contributed by atoms with Crippen molar-refractivity contribution >= 4 is 11.6 Å². The lowest BCUT2D eigenvalue weighted by atomic mass is 10.1. The van der Waals surface area contributed by atoms with Gasteiger partial charge in [0.15, 0.2) is 0 Å². The van der Waals surface area contributed by atoms with Gasteiger partial charge in [-0.15, -0.1) is 0 Å². The van der Waals surface area contributed by atoms with Crippen LogP contribution in [0.5, 0.6) is 0 Å². The minimum atomic E-state index is -0.238. The second-order valence-electron chi connectivity index (χ2n) is 5.02. The van der Waals surface area contributed by atoms with E-state index in [4.69, 9.17) is 5.73 Å². The summed E-state index contributed by atoms with van der Waals surface area (Å²) >= 11 is 0. The van der Waals surface area contributed by atoms with E-state index in [-0.39, 0.29) is 18.0 Å². The third-order valence-electron chi connectivity index (χ3n) is 3.14. The van der Waals surface area contributed by atoms with E-state index in [9.17, 15) is 9.59 Å². The number of amides is 1. The zero-order chi connectivity index (χ0) is 15.2. The maximum Gasteiger partial charge on any atom is 0.251 e. The fraction of sp³-hybridized carbons (Fsp3) is 0.250. The number of hydrogen-bond donors (Lipinski definition) is 2. The smallest absolute Gasteiger partial charge is 0.251 e. The fourth-order valence-corrected chi connectivity index (χ4v) is 2.10. The molecule has 2 aromatic rings. The van der Waals surface area contributed by atoms with Gasteiger partial charge in [-0.2, -0.15) is 0 Å². The molecule has 1 aromatic carbocycles. The summed E-state index contributed by atoms with van der Waals surface area (Å²) in [5.41, 5.74) is 8.20. The monoisotopic (exact) mass is 285 g/mol. The molecule has 0 unspecified atom stereocenters. The topological polar surface area (TPSA) is 77.1 Å². The molecule has 0 aliphatic carbocycles. The number of benzene rings is 1. The Morgan fingerprint density at radius 2 is 2.10 bits per heavy atom. The number of aryl methyl sites for hydroxylation is 1. The summed E-state index contributed by atoms with van der Waals surface area (Å²) in [7, 11) is 0. The van der Waals surface area contributed by atoms with Gasteiger partial charge in [-0.25, -0.2) is 0 Å². The number of rotatable bonds is 5. The average molecular weight is 285 g/mol. The van der Waals surface area contributed by atoms with Crippen LogP contribution >= 0.6 is 0 Å². The lowest BCUT2D eigenvalue weighted by Crippen LogP contribution is -2.33. The van der Waals surface area contributed by atoms with Crippen LogP contribution in [0.4, 0.5) is 5.69 Å². The van der Waals surface area contributed by atoms with Crippen molar-refractivity contribution in [2.75, 3.05) is 12.3 Å². The lowest BCUT2D eigenvalue weighted by molar-refractivity contribution is -0.121. The van der Waals surface area contributed by atoms with Crippen LogP contribution in [0.3, 0.4) is 0 Å². The third-order valence-corrected chi connectivity index (χ3v) is 3.14. The van der Waals surface area contributed by atoms with Crippen LogP contribution < -0.4 is 16.6 Å². The molecule has 1 amide bonds. The van der Waals surface area contributed by atoms with Gasteiger partial charge in [0.25, 0.3) is 5.56 Å². The summed E-state index contributed by atoms with van der Waals surface area (Å²) in [6.07, 6.45) is 2.24. The first-order valence-corrected chi connectivity index (χ1v) is 6.83. The molecule has 1 heterocycles. The van der Waals surface area contributed by atoms with Crippen molar-refractivity contribution in [2.45, 2.75) is 19.9 Å². The maximum atomic E-state index is 11.8. The minimum absolute atomic E-state index is 0.0162. The number of carbonyl (C=O) groups is 1. The summed E-state index contributed by atoms with van der Waals surface area (Å²) < 4.78 is 1.30. The molecular formula is C16H19N3O2. The molecule has 0 radical (unpaired) electrons. The van der Waals surface area contributed by atoms with Crippen LogP contribution in [0, 0.1) is 6.92 Å². The molecular weight excluding hydrogens is 266 g/mol. The molecule has 0 fully saturated rings. The summed E-state index contributed by atoms with van der Waals surface area (Å²) in [5.74, 6) is -0.199. The molecule has 0 aliphatic rings. The van der Waals surface area contributed by atoms with Gasteiger partial charge in [0.05, 0.1) is 0 Å². The number of hydrogen-bond acceptors (Lipinski definition) is 3. The van der Waals surface area contributed by atoms with Crippen LogP contribution in [-0.2, 0) is 17.8 Å². The summed E-state index contributed by atoms with van der Waals surface area (Å²) in [6, 6.07) is 11.0. The van der Waals surface area contributed by atoms with Gasteiger partial charge >= 0.3 is 0 Å². The largest absolute Gasteiger partial charge is 0.398 e. The first-order valence-electron chi connectivity index (χ1n) is 6.83. The molecule has 5 nitrogen and oxygen atoms in total. The van der Waals surface area contributed by atoms with E-state index in [1.807, 2.05) is 25.1 Å². The highest BCUT2D eigenvalue weighted by Crippen LogP contribution is 2.03. The number of nitrogens with zero attached hydrogens (tertiary/aromatic N) is 1. The number of nitrogens with one attached hydrogen (secondary N) is 1. The van der Waals surface area contributed by atoms with Crippen LogP contribution in [0.25, 0.3) is 0 Å². The van der Waals surface area contributed by atoms with E-state index in [0.717, 1.165) is 6.42 Å². The fourth-order valence-electron chi connectivity index (χ4n) is 2.10. The summed E-state index contributed by atoms with van der Waals surface area (Å²) in [4.78, 5) is 23.4. The first-order chi connectivity index (χ1) is 10.0. The van der Waals surface area contributed by atoms with Crippen molar-refractivity contribution in [1.82, 2.24) is 9.88 Å². The quantitative estimate of drug-likeness (QED) is 0.863. The van der Waals surface area contributed by atoms with Gasteiger partial charge in [0.1, 0.15) is 6.54 Å². The van der Waals surface area contributed by atoms with Gasteiger partial charge in [-0.05, 0) is 25.0 Å². The third kappa shape index (κ3) is 4.49. The molecule has 3 N–H and O–H groups in total. The van der Waals surface area contributed by atoms with Crippen LogP contribution in [0.15, 0.2) is 47.4 Å². The minimum Gasteiger partial charge on any atom is -0.398 e. The number of aromatic nitrogens is 1. The van der Waals surface area contributed by atoms with Crippen LogP contribution in [-0.4, -0.2) is 17.0 Å². The van der Waals surface area contributed by atoms with Crippen molar-refractivity contribution in [2.24, 2.45) is 0 Å². The zero-order valence-corrected chi connectivity index (χ0v) is 12.0. The Morgan fingerprint density at radius 3 is 2.86 bits per heavy atom. The number of nitrogens with two attached hydrogens (primary N) is 1. The van der Waals surface area contributed by atoms with Crippen molar-refractivity contribution < 1.29 is 4.79 Å². The van der Waals surface area contributed by atoms with Crippen molar-refractivity contribution in [3.8, 4) is 0 Å². The Kier molecular flexibility index (Phi) is 4.77. The molecule has 1 aromatic heterocycles. The van der Waals surface area contributed by atoms with Gasteiger partial charge in [-0.3, -0.25) is 9.59 Å². The highest BCUT2D eigenvalue weighted by Gasteiger charge is 2.04. The number of anilines is 1. The van der Waals surface area contributed by atoms with Gasteiger partial charge < -0.3 is 15.6 Å². The molecule has 110 valence electrons. The van der Waals surface area contributed by atoms with E-state index >= 15 is 0 Å². The molecule has 0 spiro atoms. The van der Waals surface area contributed by atoms with Crippen molar-refractivity contribution in [3.05, 3.63) is 64.1 Å². The Morgan fingerprint density at radius 1 is 1.29 bits per heavy atom. The predicted octanol–water partition coefficient (Wildman–Crippen LogP) is 1.10. The summed E-state index contributed by atoms with van der Waals surface area (Å²) in [6.45, 7) is 2.56. The Labute approximate surface area is 123 Å². The lowest BCUT2D eigenvalue weighted by Gasteiger charge is -2.08. The molecule has 21 heavy (non-hydrogen) atoms. The Balaban J connectivity index is 1.85. The van der Waals surface area contributed by atoms with Gasteiger partial charge in [0, 0.05) is 24.5 Å². The zero-order valence-electron chi connectivity index (χ0n) is 12.0. The SMILES string of the molecule is Cc1cccc(CCNC(=O)Cn2cc(N)ccc2=O)c1. The van der Waals surface area contributed by atoms with Gasteiger partial charge in [-0.1, -0.05) is 29.8 Å². The number of carbonyl (C=O) groups excluding carboxylic acids is 1. The van der Waals surface area contributed by atoms with E-state index in [2.05, 4.69) is 11.4 Å². The van der Waals surface area contributed by atoms with E-state index in [1.165, 1.54) is 34.0 Å². The summed E-state index contributed by atoms with van der Waals surface area (Å²) in [5, 5.41) is 2.81. The first kappa shape index (κ1) is 14.8. The highest BCUT2D eigenvalue weighted by atomic mass is 16.2. The normalized spacial score (nSPS) is 10.3. The molecule has 2 rings (SSSR count). The van der Waals surface area contributed by atoms with E-state index in [1.54, 1.807) is 0 Å². The van der Waals surface area contributed by atoms with E-state index < -0.39 is 0 Å². The standard InChI is InChI=1S/C16H19N3O2/c1-12-3-2-4-13(9-12)7-8-18-15(20)11-19-10-14(17)5-6-16(19)21/h2-6,9-10H,7-8,11,17H2,1H3,(H,18,20). The Bertz CT molecular complexity index is 692. The second kappa shape index (κ2) is 6.74.